The van der Waals surface area contributed by atoms with Crippen molar-refractivity contribution in [1.82, 2.24) is 10.3 Å². The molecule has 2 heterocycles. The molecule has 0 radical (unpaired) electrons. The Labute approximate surface area is 145 Å². The van der Waals surface area contributed by atoms with E-state index in [0.717, 1.165) is 23.9 Å². The van der Waals surface area contributed by atoms with Gasteiger partial charge in [-0.15, -0.1) is 11.3 Å². The number of nitrogens with zero attached hydrogens (tertiary/aromatic N) is 3. The Balaban J connectivity index is 1.44. The van der Waals surface area contributed by atoms with E-state index >= 15 is 0 Å². The molecule has 2 N–H and O–H groups in total. The number of anilines is 2. The summed E-state index contributed by atoms with van der Waals surface area (Å²) >= 11 is 1.67. The van der Waals surface area contributed by atoms with E-state index in [1.165, 1.54) is 12.8 Å². The maximum absolute atomic E-state index is 11.9. The summed E-state index contributed by atoms with van der Waals surface area (Å²) in [6, 6.07) is 8.60. The topological polar surface area (TPSA) is 81.0 Å². The predicted octanol–water partition coefficient (Wildman–Crippen LogP) is 2.98. The van der Waals surface area contributed by atoms with Crippen molar-refractivity contribution in [3.63, 3.8) is 0 Å². The summed E-state index contributed by atoms with van der Waals surface area (Å²) in [5.41, 5.74) is 2.13. The standard InChI is InChI=1S/C17H19N5OS/c18-11-13-4-3-5-14(10-13)20-16(23)19-7-6-15-12-24-17(21-15)22-8-1-2-9-22/h3-5,10,12H,1-2,6-9H2,(H2,19,20,23). The van der Waals surface area contributed by atoms with Crippen LogP contribution in [0.1, 0.15) is 24.1 Å². The largest absolute Gasteiger partial charge is 0.348 e. The van der Waals surface area contributed by atoms with Gasteiger partial charge in [0, 0.05) is 37.1 Å². The van der Waals surface area contributed by atoms with Gasteiger partial charge in [0.15, 0.2) is 5.13 Å². The zero-order chi connectivity index (χ0) is 16.8. The molecular weight excluding hydrogens is 322 g/mol. The lowest BCUT2D eigenvalue weighted by molar-refractivity contribution is 0.252. The highest BCUT2D eigenvalue weighted by atomic mass is 32.1. The van der Waals surface area contributed by atoms with E-state index in [1.54, 1.807) is 35.6 Å². The lowest BCUT2D eigenvalue weighted by Crippen LogP contribution is -2.30. The van der Waals surface area contributed by atoms with Gasteiger partial charge in [-0.1, -0.05) is 6.07 Å². The number of thiazole rings is 1. The van der Waals surface area contributed by atoms with Crippen LogP contribution < -0.4 is 15.5 Å². The predicted molar refractivity (Wildman–Crippen MR) is 95.4 cm³/mol. The monoisotopic (exact) mass is 341 g/mol. The number of nitrogens with one attached hydrogen (secondary N) is 2. The Hall–Kier alpha value is -2.59. The molecule has 0 unspecified atom stereocenters. The fraction of sp³-hybridized carbons (Fsp3) is 0.353. The number of carbonyl (C=O) groups is 1. The van der Waals surface area contributed by atoms with Crippen molar-refractivity contribution in [1.29, 1.82) is 5.26 Å². The lowest BCUT2D eigenvalue weighted by atomic mass is 10.2. The molecule has 1 aliphatic heterocycles. The molecule has 0 spiro atoms. The molecule has 0 aliphatic carbocycles. The van der Waals surface area contributed by atoms with Gasteiger partial charge in [-0.05, 0) is 31.0 Å². The summed E-state index contributed by atoms with van der Waals surface area (Å²) in [6.45, 7) is 2.71. The van der Waals surface area contributed by atoms with Crippen LogP contribution >= 0.6 is 11.3 Å². The molecule has 2 aromatic rings. The van der Waals surface area contributed by atoms with Gasteiger partial charge >= 0.3 is 6.03 Å². The van der Waals surface area contributed by atoms with Crippen molar-refractivity contribution in [3.8, 4) is 6.07 Å². The van der Waals surface area contributed by atoms with Crippen LogP contribution in [0.5, 0.6) is 0 Å². The van der Waals surface area contributed by atoms with Gasteiger partial charge in [-0.3, -0.25) is 0 Å². The fourth-order valence-corrected chi connectivity index (χ4v) is 3.52. The SMILES string of the molecule is N#Cc1cccc(NC(=O)NCCc2csc(N3CCCC3)n2)c1. The van der Waals surface area contributed by atoms with Crippen LogP contribution in [0.4, 0.5) is 15.6 Å². The third-order valence-corrected chi connectivity index (χ3v) is 4.78. The molecule has 0 bridgehead atoms. The summed E-state index contributed by atoms with van der Waals surface area (Å²) in [6.07, 6.45) is 3.18. The number of rotatable bonds is 5. The molecular formula is C17H19N5OS. The second-order valence-corrected chi connectivity index (χ2v) is 6.48. The smallest absolute Gasteiger partial charge is 0.319 e. The zero-order valence-corrected chi connectivity index (χ0v) is 14.1. The third kappa shape index (κ3) is 4.24. The van der Waals surface area contributed by atoms with Gasteiger partial charge in [0.05, 0.1) is 17.3 Å². The average molecular weight is 341 g/mol. The quantitative estimate of drug-likeness (QED) is 0.876. The molecule has 7 heteroatoms. The van der Waals surface area contributed by atoms with Crippen LogP contribution in [-0.2, 0) is 6.42 Å². The second-order valence-electron chi connectivity index (χ2n) is 5.64. The first kappa shape index (κ1) is 16.3. The van der Waals surface area contributed by atoms with Crippen molar-refractivity contribution in [2.75, 3.05) is 29.9 Å². The number of urea groups is 1. The van der Waals surface area contributed by atoms with Crippen LogP contribution in [0.3, 0.4) is 0 Å². The van der Waals surface area contributed by atoms with E-state index in [-0.39, 0.29) is 6.03 Å². The van der Waals surface area contributed by atoms with Gasteiger partial charge in [-0.25, -0.2) is 9.78 Å². The molecule has 1 fully saturated rings. The minimum Gasteiger partial charge on any atom is -0.348 e. The van der Waals surface area contributed by atoms with E-state index in [0.29, 0.717) is 24.2 Å². The highest BCUT2D eigenvalue weighted by molar-refractivity contribution is 7.13. The van der Waals surface area contributed by atoms with Crippen LogP contribution in [0.2, 0.25) is 0 Å². The number of benzene rings is 1. The van der Waals surface area contributed by atoms with E-state index in [4.69, 9.17) is 5.26 Å². The summed E-state index contributed by atoms with van der Waals surface area (Å²) < 4.78 is 0. The maximum Gasteiger partial charge on any atom is 0.319 e. The third-order valence-electron chi connectivity index (χ3n) is 3.83. The molecule has 0 saturated carbocycles. The van der Waals surface area contributed by atoms with Gasteiger partial charge in [0.1, 0.15) is 0 Å². The van der Waals surface area contributed by atoms with Crippen molar-refractivity contribution in [2.45, 2.75) is 19.3 Å². The zero-order valence-electron chi connectivity index (χ0n) is 13.3. The summed E-state index contributed by atoms with van der Waals surface area (Å²) in [4.78, 5) is 18.8. The number of nitriles is 1. The molecule has 24 heavy (non-hydrogen) atoms. The fourth-order valence-electron chi connectivity index (χ4n) is 2.61. The van der Waals surface area contributed by atoms with Crippen molar-refractivity contribution in [2.24, 2.45) is 0 Å². The number of carbonyl (C=O) groups excluding carboxylic acids is 1. The Morgan fingerprint density at radius 2 is 2.21 bits per heavy atom. The first-order chi connectivity index (χ1) is 11.7. The molecule has 0 atom stereocenters. The lowest BCUT2D eigenvalue weighted by Gasteiger charge is -2.12. The van der Waals surface area contributed by atoms with Crippen LogP contribution in [0.25, 0.3) is 0 Å². The number of hydrogen-bond acceptors (Lipinski definition) is 5. The molecule has 6 nitrogen and oxygen atoms in total. The van der Waals surface area contributed by atoms with Crippen molar-refractivity contribution < 1.29 is 4.79 Å². The highest BCUT2D eigenvalue weighted by Crippen LogP contribution is 2.24. The normalized spacial score (nSPS) is 13.5. The van der Waals surface area contributed by atoms with Crippen LogP contribution in [0, 0.1) is 11.3 Å². The van der Waals surface area contributed by atoms with Gasteiger partial charge in [0.2, 0.25) is 0 Å². The summed E-state index contributed by atoms with van der Waals surface area (Å²) in [5, 5.41) is 17.5. The molecule has 1 saturated heterocycles. The molecule has 1 aromatic heterocycles. The van der Waals surface area contributed by atoms with Gasteiger partial charge < -0.3 is 15.5 Å². The van der Waals surface area contributed by atoms with Gasteiger partial charge in [0.25, 0.3) is 0 Å². The minimum atomic E-state index is -0.278. The number of amides is 2. The molecule has 1 aromatic carbocycles. The second kappa shape index (κ2) is 7.79. The van der Waals surface area contributed by atoms with Crippen LogP contribution in [0.15, 0.2) is 29.6 Å². The minimum absolute atomic E-state index is 0.278. The Morgan fingerprint density at radius 1 is 1.38 bits per heavy atom. The Morgan fingerprint density at radius 3 is 3.00 bits per heavy atom. The maximum atomic E-state index is 11.9. The first-order valence-electron chi connectivity index (χ1n) is 7.99. The van der Waals surface area contributed by atoms with E-state index in [2.05, 4.69) is 25.9 Å². The van der Waals surface area contributed by atoms with E-state index < -0.39 is 0 Å². The van der Waals surface area contributed by atoms with E-state index in [9.17, 15) is 4.79 Å². The molecule has 3 rings (SSSR count). The summed E-state index contributed by atoms with van der Waals surface area (Å²) in [7, 11) is 0. The van der Waals surface area contributed by atoms with Crippen molar-refractivity contribution >= 4 is 28.2 Å². The molecule has 124 valence electrons. The molecule has 2 amide bonds. The van der Waals surface area contributed by atoms with Crippen LogP contribution in [-0.4, -0.2) is 30.6 Å². The van der Waals surface area contributed by atoms with Gasteiger partial charge in [-0.2, -0.15) is 5.26 Å². The highest BCUT2D eigenvalue weighted by Gasteiger charge is 2.15. The Bertz CT molecular complexity index is 745. The number of aromatic nitrogens is 1. The Kier molecular flexibility index (Phi) is 5.29. The molecule has 1 aliphatic rings. The first-order valence-corrected chi connectivity index (χ1v) is 8.87. The van der Waals surface area contributed by atoms with Crippen molar-refractivity contribution in [3.05, 3.63) is 40.9 Å². The average Bonchev–Trinajstić information content (AvgIpc) is 3.26. The summed E-state index contributed by atoms with van der Waals surface area (Å²) in [5.74, 6) is 0. The number of hydrogen-bond donors (Lipinski definition) is 2. The van der Waals surface area contributed by atoms with E-state index in [1.807, 2.05) is 6.07 Å².